The third-order valence-electron chi connectivity index (χ3n) is 2.96. The molecule has 1 aliphatic heterocycles. The molecule has 1 aromatic rings. The summed E-state index contributed by atoms with van der Waals surface area (Å²) >= 11 is 0. The molecule has 0 radical (unpaired) electrons. The molecule has 1 N–H and O–H groups in total. The third kappa shape index (κ3) is 2.76. The molecule has 2 amide bonds. The zero-order valence-electron chi connectivity index (χ0n) is 10.7. The third-order valence-corrected chi connectivity index (χ3v) is 2.96. The van der Waals surface area contributed by atoms with E-state index in [1.54, 1.807) is 0 Å². The molecule has 4 nitrogen and oxygen atoms in total. The van der Waals surface area contributed by atoms with Gasteiger partial charge in [-0.1, -0.05) is 44.2 Å². The summed E-state index contributed by atoms with van der Waals surface area (Å²) in [5, 5.41) is 3.13. The second-order valence-corrected chi connectivity index (χ2v) is 4.88. The van der Waals surface area contributed by atoms with Crippen LogP contribution in [-0.2, 0) is 16.1 Å². The Hall–Kier alpha value is -1.68. The largest absolute Gasteiger partial charge is 0.303 e. The van der Waals surface area contributed by atoms with Crippen molar-refractivity contribution in [2.24, 2.45) is 0 Å². The molecule has 1 fully saturated rings. The summed E-state index contributed by atoms with van der Waals surface area (Å²) in [5.74, 6) is -0.209. The molecule has 2 rings (SSSR count). The van der Waals surface area contributed by atoms with Crippen molar-refractivity contribution in [1.82, 2.24) is 10.2 Å². The minimum atomic E-state index is -0.360. The van der Waals surface area contributed by atoms with Crippen LogP contribution < -0.4 is 5.32 Å². The Labute approximate surface area is 107 Å². The number of nitrogens with zero attached hydrogens (tertiary/aromatic N) is 1. The lowest BCUT2D eigenvalue weighted by atomic mass is 10.2. The fourth-order valence-electron chi connectivity index (χ4n) is 2.15. The molecular formula is C14H18N2O2. The number of benzene rings is 1. The summed E-state index contributed by atoms with van der Waals surface area (Å²) < 4.78 is 0. The van der Waals surface area contributed by atoms with Crippen molar-refractivity contribution in [3.63, 3.8) is 0 Å². The summed E-state index contributed by atoms with van der Waals surface area (Å²) in [4.78, 5) is 25.3. The van der Waals surface area contributed by atoms with E-state index in [0.717, 1.165) is 5.56 Å². The van der Waals surface area contributed by atoms with Crippen molar-refractivity contribution in [2.75, 3.05) is 0 Å². The van der Waals surface area contributed by atoms with Gasteiger partial charge in [0, 0.05) is 6.04 Å². The van der Waals surface area contributed by atoms with Crippen LogP contribution in [0.4, 0.5) is 0 Å². The van der Waals surface area contributed by atoms with E-state index >= 15 is 0 Å². The summed E-state index contributed by atoms with van der Waals surface area (Å²) in [6, 6.07) is 9.41. The highest BCUT2D eigenvalue weighted by Gasteiger charge is 2.38. The van der Waals surface area contributed by atoms with E-state index in [4.69, 9.17) is 0 Å². The maximum absolute atomic E-state index is 12.1. The van der Waals surface area contributed by atoms with Crippen LogP contribution in [0.15, 0.2) is 30.3 Å². The molecule has 0 bridgehead atoms. The lowest BCUT2D eigenvalue weighted by molar-refractivity contribution is -0.139. The Balaban J connectivity index is 2.06. The van der Waals surface area contributed by atoms with Gasteiger partial charge in [-0.15, -0.1) is 0 Å². The first-order valence-electron chi connectivity index (χ1n) is 6.22. The van der Waals surface area contributed by atoms with Crippen molar-refractivity contribution in [3.8, 4) is 0 Å². The molecular weight excluding hydrogens is 228 g/mol. The average molecular weight is 246 g/mol. The quantitative estimate of drug-likeness (QED) is 0.815. The molecule has 0 aliphatic carbocycles. The number of amides is 2. The first kappa shape index (κ1) is 12.8. The van der Waals surface area contributed by atoms with E-state index in [2.05, 4.69) is 5.32 Å². The van der Waals surface area contributed by atoms with Gasteiger partial charge in [-0.25, -0.2) is 0 Å². The first-order chi connectivity index (χ1) is 8.58. The number of imide groups is 1. The molecule has 0 spiro atoms. The molecule has 1 saturated heterocycles. The van der Waals surface area contributed by atoms with Gasteiger partial charge in [-0.05, 0) is 5.56 Å². The monoisotopic (exact) mass is 246 g/mol. The Morgan fingerprint density at radius 2 is 1.94 bits per heavy atom. The highest BCUT2D eigenvalue weighted by molar-refractivity contribution is 6.05. The van der Waals surface area contributed by atoms with Gasteiger partial charge in [0.25, 0.3) is 0 Å². The maximum atomic E-state index is 12.1. The Kier molecular flexibility index (Phi) is 3.77. The highest BCUT2D eigenvalue weighted by atomic mass is 16.2. The molecule has 1 atom stereocenters. The Morgan fingerprint density at radius 3 is 2.56 bits per heavy atom. The van der Waals surface area contributed by atoms with Gasteiger partial charge < -0.3 is 5.32 Å². The molecule has 96 valence electrons. The van der Waals surface area contributed by atoms with Gasteiger partial charge in [0.1, 0.15) is 0 Å². The van der Waals surface area contributed by atoms with Crippen molar-refractivity contribution in [1.29, 1.82) is 0 Å². The standard InChI is InChI=1S/C14H18N2O2/c1-10(2)15-12-8-13(17)16(14(12)18)9-11-6-4-3-5-7-11/h3-7,10,12,15H,8-9H2,1-2H3/t12-/m0/s1. The van der Waals surface area contributed by atoms with Crippen LogP contribution in [0.2, 0.25) is 0 Å². The van der Waals surface area contributed by atoms with Crippen LogP contribution in [0.5, 0.6) is 0 Å². The van der Waals surface area contributed by atoms with E-state index < -0.39 is 0 Å². The van der Waals surface area contributed by atoms with Crippen molar-refractivity contribution < 1.29 is 9.59 Å². The minimum Gasteiger partial charge on any atom is -0.303 e. The number of carbonyl (C=O) groups is 2. The van der Waals surface area contributed by atoms with Crippen molar-refractivity contribution in [2.45, 2.75) is 38.9 Å². The zero-order chi connectivity index (χ0) is 13.1. The van der Waals surface area contributed by atoms with Gasteiger partial charge in [-0.2, -0.15) is 0 Å². The lowest BCUT2D eigenvalue weighted by Gasteiger charge is -2.16. The van der Waals surface area contributed by atoms with Gasteiger partial charge in [-0.3, -0.25) is 14.5 Å². The number of hydrogen-bond acceptors (Lipinski definition) is 3. The van der Waals surface area contributed by atoms with Crippen LogP contribution >= 0.6 is 0 Å². The number of hydrogen-bond donors (Lipinski definition) is 1. The lowest BCUT2D eigenvalue weighted by Crippen LogP contribution is -2.41. The molecule has 0 unspecified atom stereocenters. The Morgan fingerprint density at radius 1 is 1.28 bits per heavy atom. The van der Waals surface area contributed by atoms with E-state index in [-0.39, 0.29) is 30.3 Å². The predicted octanol–water partition coefficient (Wildman–Crippen LogP) is 1.31. The smallest absolute Gasteiger partial charge is 0.247 e. The van der Waals surface area contributed by atoms with E-state index in [9.17, 15) is 9.59 Å². The average Bonchev–Trinajstić information content (AvgIpc) is 2.58. The summed E-state index contributed by atoms with van der Waals surface area (Å²) in [6.45, 7) is 4.31. The van der Waals surface area contributed by atoms with Crippen molar-refractivity contribution in [3.05, 3.63) is 35.9 Å². The van der Waals surface area contributed by atoms with Crippen LogP contribution in [0.1, 0.15) is 25.8 Å². The first-order valence-corrected chi connectivity index (χ1v) is 6.22. The van der Waals surface area contributed by atoms with Crippen LogP contribution in [0, 0.1) is 0 Å². The molecule has 1 aliphatic rings. The molecule has 0 saturated carbocycles. The van der Waals surface area contributed by atoms with Crippen LogP contribution in [-0.4, -0.2) is 28.8 Å². The van der Waals surface area contributed by atoms with Gasteiger partial charge in [0.2, 0.25) is 11.8 Å². The molecule has 0 aromatic heterocycles. The summed E-state index contributed by atoms with van der Waals surface area (Å²) in [6.07, 6.45) is 0.268. The number of nitrogens with one attached hydrogen (secondary N) is 1. The SMILES string of the molecule is CC(C)N[C@H]1CC(=O)N(Cc2ccccc2)C1=O. The van der Waals surface area contributed by atoms with Gasteiger partial charge in [0.15, 0.2) is 0 Å². The number of likely N-dealkylation sites (tertiary alicyclic amines) is 1. The number of rotatable bonds is 4. The van der Waals surface area contributed by atoms with Gasteiger partial charge >= 0.3 is 0 Å². The van der Waals surface area contributed by atoms with Crippen molar-refractivity contribution >= 4 is 11.8 Å². The molecule has 4 heteroatoms. The zero-order valence-corrected chi connectivity index (χ0v) is 10.7. The molecule has 1 aromatic carbocycles. The maximum Gasteiger partial charge on any atom is 0.247 e. The Bertz CT molecular complexity index is 442. The fraction of sp³-hybridized carbons (Fsp3) is 0.429. The normalized spacial score (nSPS) is 19.9. The van der Waals surface area contributed by atoms with Crippen LogP contribution in [0.25, 0.3) is 0 Å². The van der Waals surface area contributed by atoms with E-state index in [0.29, 0.717) is 6.54 Å². The minimum absolute atomic E-state index is 0.0954. The van der Waals surface area contributed by atoms with Crippen LogP contribution in [0.3, 0.4) is 0 Å². The van der Waals surface area contributed by atoms with E-state index in [1.165, 1.54) is 4.90 Å². The second kappa shape index (κ2) is 5.31. The molecule has 18 heavy (non-hydrogen) atoms. The summed E-state index contributed by atoms with van der Waals surface area (Å²) in [5.41, 5.74) is 0.976. The topological polar surface area (TPSA) is 49.4 Å². The second-order valence-electron chi connectivity index (χ2n) is 4.88. The number of carbonyl (C=O) groups excluding carboxylic acids is 2. The fourth-order valence-corrected chi connectivity index (χ4v) is 2.15. The highest BCUT2D eigenvalue weighted by Crippen LogP contribution is 2.17. The van der Waals surface area contributed by atoms with E-state index in [1.807, 2.05) is 44.2 Å². The van der Waals surface area contributed by atoms with Gasteiger partial charge in [0.05, 0.1) is 19.0 Å². The molecule has 1 heterocycles. The predicted molar refractivity (Wildman–Crippen MR) is 68.7 cm³/mol. The summed E-state index contributed by atoms with van der Waals surface area (Å²) in [7, 11) is 0.